The molecule has 254 valence electrons. The van der Waals surface area contributed by atoms with Crippen molar-refractivity contribution in [1.29, 1.82) is 0 Å². The molecule has 0 aliphatic carbocycles. The van der Waals surface area contributed by atoms with Crippen LogP contribution in [0.4, 0.5) is 21.0 Å². The number of nitrogens with one attached hydrogen (secondary N) is 2. The lowest BCUT2D eigenvalue weighted by Gasteiger charge is -2.19. The van der Waals surface area contributed by atoms with Gasteiger partial charge in [-0.2, -0.15) is 0 Å². The molecule has 48 heavy (non-hydrogen) atoms. The Kier molecular flexibility index (Phi) is 14.0. The van der Waals surface area contributed by atoms with Crippen molar-refractivity contribution in [3.63, 3.8) is 0 Å². The normalized spacial score (nSPS) is 11.3. The van der Waals surface area contributed by atoms with Gasteiger partial charge in [-0.15, -0.1) is 0 Å². The second kappa shape index (κ2) is 17.8. The van der Waals surface area contributed by atoms with Crippen LogP contribution in [0, 0.1) is 0 Å². The Balaban J connectivity index is 0.000000260. The van der Waals surface area contributed by atoms with Gasteiger partial charge in [-0.25, -0.2) is 9.59 Å². The van der Waals surface area contributed by atoms with Crippen LogP contribution in [0.2, 0.25) is 0 Å². The second-order valence-electron chi connectivity index (χ2n) is 13.3. The fourth-order valence-corrected chi connectivity index (χ4v) is 4.39. The molecule has 0 aromatic heterocycles. The standard InChI is InChI=1S/C20H25NO3.C20H23NO3/c2*1-20(2,3)24-19(23)21-18-6-4-5-16(13-18)10-7-15-8-11-17(14-22)12-9-15/h4-6,8-9,11-13,22H,7,10,14H2,1-3H3,(H,21,23);4-13,22H,14H2,1-3H3,(H,21,23)/b;10-7+. The average Bonchev–Trinajstić information content (AvgIpc) is 3.02. The molecule has 2 amide bonds. The van der Waals surface area contributed by atoms with Crippen LogP contribution in [-0.4, -0.2) is 33.6 Å². The highest BCUT2D eigenvalue weighted by molar-refractivity contribution is 5.86. The minimum absolute atomic E-state index is 0.0440. The van der Waals surface area contributed by atoms with Gasteiger partial charge >= 0.3 is 12.2 Å². The summed E-state index contributed by atoms with van der Waals surface area (Å²) >= 11 is 0. The Morgan fingerprint density at radius 1 is 0.562 bits per heavy atom. The largest absolute Gasteiger partial charge is 0.444 e. The molecular formula is C40H48N2O6. The Morgan fingerprint density at radius 2 is 1.00 bits per heavy atom. The molecule has 0 heterocycles. The SMILES string of the molecule is CC(C)(C)OC(=O)Nc1cccc(/C=C/c2ccc(CO)cc2)c1.CC(C)(C)OC(=O)Nc1cccc(CCc2ccc(CO)cc2)c1. The van der Waals surface area contributed by atoms with E-state index in [2.05, 4.69) is 10.6 Å². The zero-order chi connectivity index (χ0) is 35.2. The van der Waals surface area contributed by atoms with Gasteiger partial charge in [0.2, 0.25) is 0 Å². The Labute approximate surface area is 284 Å². The van der Waals surface area contributed by atoms with Crippen molar-refractivity contribution in [2.75, 3.05) is 10.6 Å². The first-order valence-corrected chi connectivity index (χ1v) is 16.0. The molecule has 4 aromatic carbocycles. The summed E-state index contributed by atoms with van der Waals surface area (Å²) in [5.41, 5.74) is 6.56. The Morgan fingerprint density at radius 3 is 1.52 bits per heavy atom. The van der Waals surface area contributed by atoms with Crippen molar-refractivity contribution in [3.05, 3.63) is 130 Å². The van der Waals surface area contributed by atoms with Crippen molar-refractivity contribution < 1.29 is 29.3 Å². The summed E-state index contributed by atoms with van der Waals surface area (Å²) in [6, 6.07) is 30.9. The molecule has 8 heteroatoms. The van der Waals surface area contributed by atoms with E-state index in [-0.39, 0.29) is 13.2 Å². The lowest BCUT2D eigenvalue weighted by molar-refractivity contribution is 0.0624. The Hall–Kier alpha value is -4.92. The number of amides is 2. The van der Waals surface area contributed by atoms with Gasteiger partial charge in [0.15, 0.2) is 0 Å². The molecule has 0 fully saturated rings. The molecule has 0 aliphatic heterocycles. The van der Waals surface area contributed by atoms with Crippen LogP contribution in [-0.2, 0) is 35.5 Å². The van der Waals surface area contributed by atoms with Gasteiger partial charge in [0.05, 0.1) is 13.2 Å². The minimum Gasteiger partial charge on any atom is -0.444 e. The predicted molar refractivity (Wildman–Crippen MR) is 194 cm³/mol. The Bertz CT molecular complexity index is 1630. The van der Waals surface area contributed by atoms with Gasteiger partial charge < -0.3 is 19.7 Å². The van der Waals surface area contributed by atoms with E-state index >= 15 is 0 Å². The molecule has 0 aliphatic rings. The molecule has 0 unspecified atom stereocenters. The van der Waals surface area contributed by atoms with Gasteiger partial charge in [-0.05, 0) is 112 Å². The highest BCUT2D eigenvalue weighted by Crippen LogP contribution is 2.18. The summed E-state index contributed by atoms with van der Waals surface area (Å²) in [5.74, 6) is 0. The first kappa shape index (κ1) is 37.5. The topological polar surface area (TPSA) is 117 Å². The number of rotatable bonds is 9. The van der Waals surface area contributed by atoms with E-state index in [9.17, 15) is 9.59 Å². The minimum atomic E-state index is -0.525. The quantitative estimate of drug-likeness (QED) is 0.134. The lowest BCUT2D eigenvalue weighted by atomic mass is 10.0. The molecule has 4 rings (SSSR count). The van der Waals surface area contributed by atoms with Crippen LogP contribution in [0.1, 0.15) is 74.9 Å². The summed E-state index contributed by atoms with van der Waals surface area (Å²) < 4.78 is 10.5. The third-order valence-corrected chi connectivity index (χ3v) is 6.64. The molecule has 0 spiro atoms. The van der Waals surface area contributed by atoms with E-state index < -0.39 is 23.4 Å². The van der Waals surface area contributed by atoms with Crippen LogP contribution < -0.4 is 10.6 Å². The number of hydrogen-bond donors (Lipinski definition) is 4. The van der Waals surface area contributed by atoms with Crippen molar-refractivity contribution in [3.8, 4) is 0 Å². The first-order chi connectivity index (χ1) is 22.7. The maximum atomic E-state index is 11.8. The van der Waals surface area contributed by atoms with Crippen LogP contribution in [0.3, 0.4) is 0 Å². The van der Waals surface area contributed by atoms with Crippen LogP contribution in [0.25, 0.3) is 12.2 Å². The third-order valence-electron chi connectivity index (χ3n) is 6.64. The molecule has 8 nitrogen and oxygen atoms in total. The van der Waals surface area contributed by atoms with Gasteiger partial charge in [-0.1, -0.05) is 84.9 Å². The smallest absolute Gasteiger partial charge is 0.412 e. The highest BCUT2D eigenvalue weighted by atomic mass is 16.6. The number of benzene rings is 4. The summed E-state index contributed by atoms with van der Waals surface area (Å²) in [7, 11) is 0. The molecule has 4 aromatic rings. The van der Waals surface area contributed by atoms with Crippen molar-refractivity contribution in [2.45, 2.75) is 78.8 Å². The monoisotopic (exact) mass is 652 g/mol. The van der Waals surface area contributed by atoms with Gasteiger partial charge in [0.1, 0.15) is 11.2 Å². The molecular weight excluding hydrogens is 604 g/mol. The number of aliphatic hydroxyl groups excluding tert-OH is 2. The number of carbonyl (C=O) groups excluding carboxylic acids is 2. The number of ether oxygens (including phenoxy) is 2. The van der Waals surface area contributed by atoms with E-state index in [0.29, 0.717) is 5.69 Å². The summed E-state index contributed by atoms with van der Waals surface area (Å²) in [4.78, 5) is 23.6. The van der Waals surface area contributed by atoms with Gasteiger partial charge in [-0.3, -0.25) is 10.6 Å². The number of carbonyl (C=O) groups is 2. The zero-order valence-corrected chi connectivity index (χ0v) is 28.7. The molecule has 0 saturated carbocycles. The van der Waals surface area contributed by atoms with E-state index in [1.807, 2.05) is 151 Å². The molecule has 0 radical (unpaired) electrons. The van der Waals surface area contributed by atoms with Gasteiger partial charge in [0, 0.05) is 11.4 Å². The van der Waals surface area contributed by atoms with E-state index in [0.717, 1.165) is 46.3 Å². The number of anilines is 2. The average molecular weight is 653 g/mol. The first-order valence-electron chi connectivity index (χ1n) is 16.0. The molecule has 0 saturated heterocycles. The van der Waals surface area contributed by atoms with E-state index in [1.54, 1.807) is 0 Å². The van der Waals surface area contributed by atoms with Crippen LogP contribution >= 0.6 is 0 Å². The zero-order valence-electron chi connectivity index (χ0n) is 28.7. The number of hydrogen-bond acceptors (Lipinski definition) is 6. The van der Waals surface area contributed by atoms with Crippen molar-refractivity contribution >= 4 is 35.7 Å². The fourth-order valence-electron chi connectivity index (χ4n) is 4.39. The predicted octanol–water partition coefficient (Wildman–Crippen LogP) is 9.01. The van der Waals surface area contributed by atoms with Crippen molar-refractivity contribution in [2.24, 2.45) is 0 Å². The molecule has 0 bridgehead atoms. The fraction of sp³-hybridized carbons (Fsp3) is 0.300. The van der Waals surface area contributed by atoms with Gasteiger partial charge in [0.25, 0.3) is 0 Å². The molecule has 4 N–H and O–H groups in total. The third kappa shape index (κ3) is 14.7. The van der Waals surface area contributed by atoms with E-state index in [1.165, 1.54) is 5.56 Å². The summed E-state index contributed by atoms with van der Waals surface area (Å²) in [6.07, 6.45) is 4.81. The summed E-state index contributed by atoms with van der Waals surface area (Å²) in [5, 5.41) is 23.6. The second-order valence-corrected chi connectivity index (χ2v) is 13.3. The number of aryl methyl sites for hydroxylation is 2. The summed E-state index contributed by atoms with van der Waals surface area (Å²) in [6.45, 7) is 11.1. The highest BCUT2D eigenvalue weighted by Gasteiger charge is 2.17. The lowest BCUT2D eigenvalue weighted by Crippen LogP contribution is -2.27. The maximum Gasteiger partial charge on any atom is 0.412 e. The van der Waals surface area contributed by atoms with Crippen molar-refractivity contribution in [1.82, 2.24) is 0 Å². The number of aliphatic hydroxyl groups is 2. The maximum absolute atomic E-state index is 11.8. The van der Waals surface area contributed by atoms with Crippen LogP contribution in [0.15, 0.2) is 97.1 Å². The van der Waals surface area contributed by atoms with E-state index in [4.69, 9.17) is 19.7 Å². The van der Waals surface area contributed by atoms with Crippen LogP contribution in [0.5, 0.6) is 0 Å². The molecule has 0 atom stereocenters.